The molecule has 2 unspecified atom stereocenters. The lowest BCUT2D eigenvalue weighted by Crippen LogP contribution is -2.30. The van der Waals surface area contributed by atoms with Gasteiger partial charge in [-0.2, -0.15) is 0 Å². The van der Waals surface area contributed by atoms with E-state index in [0.717, 1.165) is 72.9 Å². The van der Waals surface area contributed by atoms with Crippen molar-refractivity contribution in [3.63, 3.8) is 0 Å². The normalized spacial score (nSPS) is 15.1. The van der Waals surface area contributed by atoms with Crippen LogP contribution in [0.1, 0.15) is 295 Å². The van der Waals surface area contributed by atoms with Crippen LogP contribution in [0.2, 0.25) is 0 Å². The van der Waals surface area contributed by atoms with Crippen LogP contribution >= 0.6 is 22.7 Å². The summed E-state index contributed by atoms with van der Waals surface area (Å²) in [6, 6.07) is 18.4. The van der Waals surface area contributed by atoms with Crippen LogP contribution in [0.25, 0.3) is 32.0 Å². The number of hydrogen-bond acceptors (Lipinski definition) is 4. The molecule has 2 atom stereocenters. The highest BCUT2D eigenvalue weighted by Crippen LogP contribution is 2.49. The molecular weight excluding hydrogens is 989 g/mol. The average Bonchev–Trinajstić information content (AvgIpc) is 4.29. The number of amides is 2. The summed E-state index contributed by atoms with van der Waals surface area (Å²) in [7, 11) is 0. The van der Waals surface area contributed by atoms with Crippen LogP contribution in [0.5, 0.6) is 0 Å². The first-order chi connectivity index (χ1) is 38.3. The first-order valence-corrected chi connectivity index (χ1v) is 34.9. The van der Waals surface area contributed by atoms with Gasteiger partial charge in [0, 0.05) is 34.0 Å². The second-order valence-corrected chi connectivity index (χ2v) is 26.1. The predicted molar refractivity (Wildman–Crippen MR) is 346 cm³/mol. The minimum atomic E-state index is -0.00363. The van der Waals surface area contributed by atoms with Crippen LogP contribution in [-0.2, 0) is 22.4 Å². The molecule has 0 radical (unpaired) electrons. The number of thiophene rings is 2. The predicted octanol–water partition coefficient (Wildman–Crippen LogP) is 23.2. The second-order valence-electron chi connectivity index (χ2n) is 24.3. The highest BCUT2D eigenvalue weighted by atomic mass is 32.1. The van der Waals surface area contributed by atoms with Crippen molar-refractivity contribution in [1.82, 2.24) is 0 Å². The Balaban J connectivity index is 1.30. The minimum Gasteiger partial charge on any atom is -0.308 e. The van der Waals surface area contributed by atoms with Gasteiger partial charge >= 0.3 is 0 Å². The third-order valence-corrected chi connectivity index (χ3v) is 19.6. The Morgan fingerprint density at radius 1 is 0.359 bits per heavy atom. The molecule has 4 nitrogen and oxygen atoms in total. The molecule has 2 aromatic heterocycles. The van der Waals surface area contributed by atoms with Crippen LogP contribution < -0.4 is 9.80 Å². The first kappa shape index (κ1) is 63.7. The third kappa shape index (κ3) is 19.9. The Kier molecular flexibility index (Phi) is 30.0. The molecule has 78 heavy (non-hydrogen) atoms. The van der Waals surface area contributed by atoms with Gasteiger partial charge in [-0.05, 0) is 94.8 Å². The van der Waals surface area contributed by atoms with Gasteiger partial charge in [-0.3, -0.25) is 9.59 Å². The Labute approximate surface area is 486 Å². The van der Waals surface area contributed by atoms with Crippen molar-refractivity contribution in [3.8, 4) is 20.9 Å². The molecule has 0 saturated carbocycles. The molecule has 0 fully saturated rings. The molecule has 4 heterocycles. The second kappa shape index (κ2) is 36.8. The van der Waals surface area contributed by atoms with Gasteiger partial charge in [-0.25, -0.2) is 0 Å². The minimum absolute atomic E-state index is 0.00363. The van der Waals surface area contributed by atoms with Gasteiger partial charge < -0.3 is 9.80 Å². The zero-order valence-corrected chi connectivity index (χ0v) is 52.4. The molecule has 0 bridgehead atoms. The van der Waals surface area contributed by atoms with E-state index in [0.29, 0.717) is 24.2 Å². The third-order valence-electron chi connectivity index (χ3n) is 17.5. The fourth-order valence-electron chi connectivity index (χ4n) is 12.8. The van der Waals surface area contributed by atoms with Crippen LogP contribution in [0.3, 0.4) is 0 Å². The van der Waals surface area contributed by atoms with Gasteiger partial charge in [-0.15, -0.1) is 22.7 Å². The SMILES string of the molecule is CCCCCCCCC(CCCCCC)Cc1csc(-c2ccc3c(c2)N(CCCCCCCC)C(=O)/C3=C2/C(=O)N(CCCCCCCC)c3cc(-c4cc(CC(CCCCCC)CCCCCCCC)cs4)ccc32)c1. The van der Waals surface area contributed by atoms with Crippen LogP contribution in [0.15, 0.2) is 59.3 Å². The Hall–Kier alpha value is -3.48. The number of anilines is 2. The number of unbranched alkanes of at least 4 members (excludes halogenated alkanes) is 26. The molecule has 6 rings (SSSR count). The molecule has 0 N–H and O–H groups in total. The number of carbonyl (C=O) groups is 2. The first-order valence-electron chi connectivity index (χ1n) is 33.2. The topological polar surface area (TPSA) is 40.6 Å². The van der Waals surface area contributed by atoms with Crippen molar-refractivity contribution in [2.24, 2.45) is 11.8 Å². The van der Waals surface area contributed by atoms with E-state index in [4.69, 9.17) is 0 Å². The summed E-state index contributed by atoms with van der Waals surface area (Å²) in [5.41, 5.74) is 10.3. The van der Waals surface area contributed by atoms with E-state index in [-0.39, 0.29) is 11.8 Å². The van der Waals surface area contributed by atoms with Crippen molar-refractivity contribution in [2.45, 2.75) is 286 Å². The number of rotatable bonds is 44. The molecule has 6 heteroatoms. The standard InChI is InChI=1S/C72H110N2O2S2/c1-7-13-19-25-29-35-41-57(39-33-23-17-11-5)49-59-51-67(77-55-59)61-43-45-63-65(53-61)73(47-37-31-27-21-15-9-3)71(75)69(63)70-64-46-44-62(54-66(64)74(72(70)76)48-38-32-28-22-16-10-4)68-52-60(56-78-68)50-58(40-34-24-18-12-6)42-36-30-26-20-14-8-2/h43-46,51-58H,7-42,47-50H2,1-6H3/b70-69+. The summed E-state index contributed by atoms with van der Waals surface area (Å²) in [4.78, 5) is 37.3. The van der Waals surface area contributed by atoms with E-state index in [2.05, 4.69) is 111 Å². The Morgan fingerprint density at radius 3 is 0.987 bits per heavy atom. The molecule has 0 spiro atoms. The number of fused-ring (bicyclic) bond motifs is 2. The number of benzene rings is 2. The zero-order valence-electron chi connectivity index (χ0n) is 50.7. The molecule has 0 saturated heterocycles. The summed E-state index contributed by atoms with van der Waals surface area (Å²) in [5, 5.41) is 4.83. The average molecular weight is 1100 g/mol. The number of carbonyl (C=O) groups excluding carboxylic acids is 2. The van der Waals surface area contributed by atoms with Gasteiger partial charge in [0.2, 0.25) is 0 Å². The quantitative estimate of drug-likeness (QED) is 0.0327. The van der Waals surface area contributed by atoms with E-state index < -0.39 is 0 Å². The van der Waals surface area contributed by atoms with E-state index in [9.17, 15) is 0 Å². The van der Waals surface area contributed by atoms with Crippen LogP contribution in [0.4, 0.5) is 11.4 Å². The molecule has 2 aromatic carbocycles. The maximum Gasteiger partial charge on any atom is 0.259 e. The maximum absolute atomic E-state index is 15.3. The van der Waals surface area contributed by atoms with Crippen molar-refractivity contribution >= 4 is 57.0 Å². The Morgan fingerprint density at radius 2 is 0.654 bits per heavy atom. The summed E-state index contributed by atoms with van der Waals surface area (Å²) in [6.45, 7) is 15.1. The number of nitrogens with zero attached hydrogens (tertiary/aromatic N) is 2. The van der Waals surface area contributed by atoms with Crippen LogP contribution in [0, 0.1) is 11.8 Å². The largest absolute Gasteiger partial charge is 0.308 e. The monoisotopic (exact) mass is 1100 g/mol. The van der Waals surface area contributed by atoms with Gasteiger partial charge in [0.1, 0.15) is 0 Å². The summed E-state index contributed by atoms with van der Waals surface area (Å²) in [6.07, 6.45) is 48.6. The molecule has 432 valence electrons. The summed E-state index contributed by atoms with van der Waals surface area (Å²) < 4.78 is 0. The summed E-state index contributed by atoms with van der Waals surface area (Å²) >= 11 is 3.72. The number of hydrogen-bond donors (Lipinski definition) is 0. The molecule has 4 aromatic rings. The lowest BCUT2D eigenvalue weighted by Gasteiger charge is -2.18. The molecule has 2 amide bonds. The molecule has 0 aliphatic carbocycles. The fourth-order valence-corrected chi connectivity index (χ4v) is 14.6. The van der Waals surface area contributed by atoms with Crippen LogP contribution in [-0.4, -0.2) is 24.9 Å². The van der Waals surface area contributed by atoms with E-state index >= 15 is 9.59 Å². The fraction of sp³-hybridized carbons (Fsp3) is 0.667. The van der Waals surface area contributed by atoms with Gasteiger partial charge in [0.15, 0.2) is 0 Å². The van der Waals surface area contributed by atoms with Crippen molar-refractivity contribution in [2.75, 3.05) is 22.9 Å². The van der Waals surface area contributed by atoms with E-state index in [1.807, 2.05) is 22.7 Å². The van der Waals surface area contributed by atoms with Crippen molar-refractivity contribution in [3.05, 3.63) is 81.5 Å². The zero-order chi connectivity index (χ0) is 55.2. The van der Waals surface area contributed by atoms with Gasteiger partial charge in [0.05, 0.1) is 22.5 Å². The van der Waals surface area contributed by atoms with E-state index in [1.165, 1.54) is 237 Å². The molecule has 2 aliphatic rings. The lowest BCUT2D eigenvalue weighted by atomic mass is 9.89. The highest BCUT2D eigenvalue weighted by molar-refractivity contribution is 7.14. The van der Waals surface area contributed by atoms with E-state index in [1.54, 1.807) is 0 Å². The molecular formula is C72H110N2O2S2. The van der Waals surface area contributed by atoms with Gasteiger partial charge in [-0.1, -0.05) is 284 Å². The Bertz CT molecular complexity index is 2190. The maximum atomic E-state index is 15.3. The van der Waals surface area contributed by atoms with Crippen molar-refractivity contribution in [1.29, 1.82) is 0 Å². The smallest absolute Gasteiger partial charge is 0.259 e. The lowest BCUT2D eigenvalue weighted by molar-refractivity contribution is -0.114. The van der Waals surface area contributed by atoms with Crippen molar-refractivity contribution < 1.29 is 9.59 Å². The van der Waals surface area contributed by atoms with Gasteiger partial charge in [0.25, 0.3) is 11.8 Å². The molecule has 2 aliphatic heterocycles. The highest BCUT2D eigenvalue weighted by Gasteiger charge is 2.42. The summed E-state index contributed by atoms with van der Waals surface area (Å²) in [5.74, 6) is 1.47.